The van der Waals surface area contributed by atoms with Crippen LogP contribution in [-0.4, -0.2) is 17.3 Å². The number of Topliss-reactive ketones (excluding diaryl/α,β-unsaturated/α-hetero) is 1. The van der Waals surface area contributed by atoms with E-state index >= 15 is 0 Å². The molecular formula is C13H16F2OS. The summed E-state index contributed by atoms with van der Waals surface area (Å²) in [6.45, 7) is 4.20. The zero-order valence-electron chi connectivity index (χ0n) is 10.0. The van der Waals surface area contributed by atoms with Crippen molar-refractivity contribution in [3.05, 3.63) is 35.4 Å². The summed E-state index contributed by atoms with van der Waals surface area (Å²) in [4.78, 5) is 11.7. The van der Waals surface area contributed by atoms with Gasteiger partial charge >= 0.3 is 0 Å². The second-order valence-corrected chi connectivity index (χ2v) is 5.11. The Hall–Kier alpha value is -0.900. The van der Waals surface area contributed by atoms with Crippen molar-refractivity contribution < 1.29 is 13.6 Å². The van der Waals surface area contributed by atoms with E-state index in [1.165, 1.54) is 17.8 Å². The average Bonchev–Trinajstić information content (AvgIpc) is 2.28. The molecule has 1 nitrogen and oxygen atoms in total. The smallest absolute Gasteiger partial charge is 0.175 e. The van der Waals surface area contributed by atoms with Crippen LogP contribution in [0, 0.1) is 17.6 Å². The van der Waals surface area contributed by atoms with Crippen molar-refractivity contribution in [1.82, 2.24) is 0 Å². The lowest BCUT2D eigenvalue weighted by molar-refractivity contribution is 0.101. The minimum absolute atomic E-state index is 0.0250. The molecule has 17 heavy (non-hydrogen) atoms. The van der Waals surface area contributed by atoms with Crippen molar-refractivity contribution in [3.8, 4) is 0 Å². The largest absolute Gasteiger partial charge is 0.293 e. The molecule has 0 aromatic heterocycles. The van der Waals surface area contributed by atoms with Gasteiger partial charge in [0, 0.05) is 6.07 Å². The number of benzene rings is 1. The fraction of sp³-hybridized carbons (Fsp3) is 0.462. The number of carbonyl (C=O) groups excluding carboxylic acids is 1. The van der Waals surface area contributed by atoms with Gasteiger partial charge in [-0.25, -0.2) is 8.78 Å². The summed E-state index contributed by atoms with van der Waals surface area (Å²) in [5, 5.41) is 0. The van der Waals surface area contributed by atoms with Crippen LogP contribution in [0.1, 0.15) is 30.6 Å². The molecule has 0 amide bonds. The first kappa shape index (κ1) is 14.2. The van der Waals surface area contributed by atoms with Crippen LogP contribution in [0.15, 0.2) is 18.2 Å². The predicted molar refractivity (Wildman–Crippen MR) is 67.5 cm³/mol. The summed E-state index contributed by atoms with van der Waals surface area (Å²) in [5.41, 5.74) is -0.0250. The lowest BCUT2D eigenvalue weighted by atomic mass is 10.1. The minimum Gasteiger partial charge on any atom is -0.293 e. The fourth-order valence-corrected chi connectivity index (χ4v) is 2.36. The third kappa shape index (κ3) is 4.46. The molecule has 0 heterocycles. The first-order valence-electron chi connectivity index (χ1n) is 5.60. The maximum absolute atomic E-state index is 13.3. The Balaban J connectivity index is 2.52. The van der Waals surface area contributed by atoms with Crippen molar-refractivity contribution in [1.29, 1.82) is 0 Å². The Morgan fingerprint density at radius 3 is 2.71 bits per heavy atom. The van der Waals surface area contributed by atoms with Crippen LogP contribution in [0.25, 0.3) is 0 Å². The molecule has 4 heteroatoms. The molecule has 1 aromatic carbocycles. The van der Waals surface area contributed by atoms with Gasteiger partial charge in [0.25, 0.3) is 0 Å². The zero-order chi connectivity index (χ0) is 12.8. The van der Waals surface area contributed by atoms with Gasteiger partial charge in [-0.15, -0.1) is 0 Å². The molecule has 0 aliphatic rings. The minimum atomic E-state index is -0.779. The maximum atomic E-state index is 13.3. The van der Waals surface area contributed by atoms with Crippen LogP contribution < -0.4 is 0 Å². The molecule has 0 saturated heterocycles. The van der Waals surface area contributed by atoms with Crippen molar-refractivity contribution in [2.45, 2.75) is 20.3 Å². The molecule has 0 aliphatic carbocycles. The van der Waals surface area contributed by atoms with Gasteiger partial charge in [0.15, 0.2) is 5.78 Å². The van der Waals surface area contributed by atoms with Gasteiger partial charge in [0.1, 0.15) is 11.6 Å². The Bertz CT molecular complexity index is 393. The Kier molecular flexibility index (Phi) is 5.62. The van der Waals surface area contributed by atoms with Crippen LogP contribution >= 0.6 is 11.8 Å². The van der Waals surface area contributed by atoms with Crippen molar-refractivity contribution in [2.24, 2.45) is 5.92 Å². The van der Waals surface area contributed by atoms with Gasteiger partial charge < -0.3 is 0 Å². The van der Waals surface area contributed by atoms with E-state index in [-0.39, 0.29) is 17.1 Å². The van der Waals surface area contributed by atoms with Crippen LogP contribution in [0.5, 0.6) is 0 Å². The Morgan fingerprint density at radius 1 is 1.41 bits per heavy atom. The second kappa shape index (κ2) is 6.74. The van der Waals surface area contributed by atoms with Gasteiger partial charge in [-0.3, -0.25) is 4.79 Å². The van der Waals surface area contributed by atoms with Gasteiger partial charge in [-0.1, -0.05) is 20.3 Å². The van der Waals surface area contributed by atoms with Crippen LogP contribution in [0.2, 0.25) is 0 Å². The fourth-order valence-electron chi connectivity index (χ4n) is 1.26. The predicted octanol–water partition coefficient (Wildman–Crippen LogP) is 3.93. The maximum Gasteiger partial charge on any atom is 0.175 e. The highest BCUT2D eigenvalue weighted by atomic mass is 32.2. The second-order valence-electron chi connectivity index (χ2n) is 4.08. The molecule has 0 radical (unpaired) electrons. The average molecular weight is 258 g/mol. The Labute approximate surface area is 105 Å². The number of rotatable bonds is 6. The third-order valence-corrected chi connectivity index (χ3v) is 3.84. The van der Waals surface area contributed by atoms with Crippen LogP contribution in [0.4, 0.5) is 8.78 Å². The molecule has 0 saturated carbocycles. The number of hydrogen-bond acceptors (Lipinski definition) is 2. The first-order valence-corrected chi connectivity index (χ1v) is 6.76. The molecule has 0 spiro atoms. The first-order chi connectivity index (χ1) is 8.04. The molecule has 94 valence electrons. The molecular weight excluding hydrogens is 242 g/mol. The van der Waals surface area contributed by atoms with E-state index in [1.54, 1.807) is 0 Å². The normalized spacial score (nSPS) is 12.5. The highest BCUT2D eigenvalue weighted by molar-refractivity contribution is 7.99. The number of thioether (sulfide) groups is 1. The lowest BCUT2D eigenvalue weighted by Crippen LogP contribution is -2.07. The van der Waals surface area contributed by atoms with E-state index in [4.69, 9.17) is 0 Å². The Morgan fingerprint density at radius 2 is 2.12 bits per heavy atom. The molecule has 1 unspecified atom stereocenters. The highest BCUT2D eigenvalue weighted by Gasteiger charge is 2.12. The molecule has 0 N–H and O–H groups in total. The molecule has 0 aliphatic heterocycles. The van der Waals surface area contributed by atoms with Crippen molar-refractivity contribution >= 4 is 17.5 Å². The number of hydrogen-bond donors (Lipinski definition) is 0. The van der Waals surface area contributed by atoms with Gasteiger partial charge in [-0.05, 0) is 23.8 Å². The summed E-state index contributed by atoms with van der Waals surface area (Å²) in [6.07, 6.45) is 1.06. The zero-order valence-corrected chi connectivity index (χ0v) is 10.8. The summed E-state index contributed by atoms with van der Waals surface area (Å²) in [7, 11) is 0. The highest BCUT2D eigenvalue weighted by Crippen LogP contribution is 2.16. The topological polar surface area (TPSA) is 17.1 Å². The third-order valence-electron chi connectivity index (χ3n) is 2.56. The summed E-state index contributed by atoms with van der Waals surface area (Å²) in [5.74, 6) is -0.0510. The quantitative estimate of drug-likeness (QED) is 0.719. The lowest BCUT2D eigenvalue weighted by Gasteiger charge is -2.07. The number of halogens is 2. The van der Waals surface area contributed by atoms with Gasteiger partial charge in [-0.2, -0.15) is 11.8 Å². The standard InChI is InChI=1S/C13H16F2OS/c1-3-9(2)7-17-8-13(16)11-5-4-10(14)6-12(11)15/h4-6,9H,3,7-8H2,1-2H3. The SMILES string of the molecule is CCC(C)CSCC(=O)c1ccc(F)cc1F. The monoisotopic (exact) mass is 258 g/mol. The molecule has 0 bridgehead atoms. The van der Waals surface area contributed by atoms with E-state index < -0.39 is 11.6 Å². The van der Waals surface area contributed by atoms with E-state index in [0.29, 0.717) is 5.92 Å². The summed E-state index contributed by atoms with van der Waals surface area (Å²) in [6, 6.07) is 3.05. The molecule has 0 fully saturated rings. The number of carbonyl (C=O) groups is 1. The number of ketones is 1. The van der Waals surface area contributed by atoms with Crippen molar-refractivity contribution in [2.75, 3.05) is 11.5 Å². The molecule has 1 aromatic rings. The summed E-state index contributed by atoms with van der Waals surface area (Å²) >= 11 is 1.49. The molecule has 1 rings (SSSR count). The van der Waals surface area contributed by atoms with E-state index in [0.717, 1.165) is 24.3 Å². The van der Waals surface area contributed by atoms with E-state index in [2.05, 4.69) is 13.8 Å². The van der Waals surface area contributed by atoms with Crippen LogP contribution in [0.3, 0.4) is 0 Å². The van der Waals surface area contributed by atoms with Gasteiger partial charge in [0.2, 0.25) is 0 Å². The van der Waals surface area contributed by atoms with Crippen LogP contribution in [-0.2, 0) is 0 Å². The van der Waals surface area contributed by atoms with E-state index in [1.807, 2.05) is 0 Å². The summed E-state index contributed by atoms with van der Waals surface area (Å²) < 4.78 is 25.9. The van der Waals surface area contributed by atoms with E-state index in [9.17, 15) is 13.6 Å². The molecule has 1 atom stereocenters. The van der Waals surface area contributed by atoms with Crippen molar-refractivity contribution in [3.63, 3.8) is 0 Å². The van der Waals surface area contributed by atoms with Gasteiger partial charge in [0.05, 0.1) is 11.3 Å².